The zero-order chi connectivity index (χ0) is 16.9. The zero-order valence-corrected chi connectivity index (χ0v) is 14.5. The first kappa shape index (κ1) is 18.3. The molecule has 0 aliphatic carbocycles. The second kappa shape index (κ2) is 8.19. The molecule has 0 radical (unpaired) electrons. The smallest absolute Gasteiger partial charge is 0.211 e. The van der Waals surface area contributed by atoms with Gasteiger partial charge >= 0.3 is 0 Å². The topological polar surface area (TPSA) is 58.6 Å². The molecule has 1 aliphatic rings. The summed E-state index contributed by atoms with van der Waals surface area (Å²) in [5.74, 6) is -0.151. The minimum absolute atomic E-state index is 0.0378. The quantitative estimate of drug-likeness (QED) is 0.821. The summed E-state index contributed by atoms with van der Waals surface area (Å²) in [5.41, 5.74) is 0.983. The van der Waals surface area contributed by atoms with Crippen molar-refractivity contribution in [3.05, 3.63) is 35.6 Å². The molecule has 1 aromatic rings. The van der Waals surface area contributed by atoms with Gasteiger partial charge in [0.05, 0.1) is 11.9 Å². The van der Waals surface area contributed by atoms with Gasteiger partial charge in [0.1, 0.15) is 5.82 Å². The molecule has 1 fully saturated rings. The first-order valence-corrected chi connectivity index (χ1v) is 9.61. The van der Waals surface area contributed by atoms with Gasteiger partial charge in [-0.2, -0.15) is 0 Å². The van der Waals surface area contributed by atoms with E-state index in [1.54, 1.807) is 19.1 Å². The van der Waals surface area contributed by atoms with Gasteiger partial charge in [-0.25, -0.2) is 17.5 Å². The average Bonchev–Trinajstić information content (AvgIpc) is 2.55. The van der Waals surface area contributed by atoms with E-state index in [0.717, 1.165) is 18.4 Å². The van der Waals surface area contributed by atoms with E-state index in [9.17, 15) is 12.8 Å². The van der Waals surface area contributed by atoms with Gasteiger partial charge in [-0.1, -0.05) is 12.1 Å². The number of hydrogen-bond acceptors (Lipinski definition) is 4. The standard InChI is InChI=1S/C16H25FN2O3S/c1-3-23(20,21)18-9-10-19(2)15-8-11-22-16(12-15)13-4-6-14(17)7-5-13/h4-7,15-16,18H,3,8-12H2,1-2H3/t15-,16+/m1/s1. The molecule has 1 aromatic carbocycles. The number of rotatable bonds is 7. The van der Waals surface area contributed by atoms with Gasteiger partial charge in [0.2, 0.25) is 10.0 Å². The summed E-state index contributed by atoms with van der Waals surface area (Å²) < 4.78 is 44.3. The Hall–Kier alpha value is -1.02. The Morgan fingerprint density at radius 3 is 2.70 bits per heavy atom. The van der Waals surface area contributed by atoms with Crippen LogP contribution >= 0.6 is 0 Å². The summed E-state index contributed by atoms with van der Waals surface area (Å²) >= 11 is 0. The molecular weight excluding hydrogens is 319 g/mol. The third kappa shape index (κ3) is 5.53. The fraction of sp³-hybridized carbons (Fsp3) is 0.625. The Labute approximate surface area is 137 Å². The van der Waals surface area contributed by atoms with Crippen molar-refractivity contribution < 1.29 is 17.5 Å². The molecule has 5 nitrogen and oxygen atoms in total. The highest BCUT2D eigenvalue weighted by Gasteiger charge is 2.26. The Morgan fingerprint density at radius 2 is 2.04 bits per heavy atom. The minimum Gasteiger partial charge on any atom is -0.373 e. The number of sulfonamides is 1. The normalized spacial score (nSPS) is 22.4. The van der Waals surface area contributed by atoms with E-state index in [-0.39, 0.29) is 17.7 Å². The second-order valence-corrected chi connectivity index (χ2v) is 7.96. The molecule has 23 heavy (non-hydrogen) atoms. The van der Waals surface area contributed by atoms with Crippen molar-refractivity contribution >= 4 is 10.0 Å². The molecule has 1 saturated heterocycles. The van der Waals surface area contributed by atoms with E-state index in [0.29, 0.717) is 25.7 Å². The molecule has 0 saturated carbocycles. The van der Waals surface area contributed by atoms with E-state index in [2.05, 4.69) is 9.62 Å². The first-order chi connectivity index (χ1) is 10.9. The van der Waals surface area contributed by atoms with Crippen LogP contribution in [-0.2, 0) is 14.8 Å². The molecule has 1 aliphatic heterocycles. The van der Waals surface area contributed by atoms with E-state index in [1.807, 2.05) is 7.05 Å². The maximum atomic E-state index is 13.0. The van der Waals surface area contributed by atoms with Crippen molar-refractivity contribution in [2.75, 3.05) is 32.5 Å². The summed E-state index contributed by atoms with van der Waals surface area (Å²) in [7, 11) is -1.14. The van der Waals surface area contributed by atoms with Crippen molar-refractivity contribution in [3.63, 3.8) is 0 Å². The van der Waals surface area contributed by atoms with Crippen LogP contribution in [0, 0.1) is 5.82 Å². The van der Waals surface area contributed by atoms with Gasteiger partial charge in [0, 0.05) is 25.7 Å². The van der Waals surface area contributed by atoms with Crippen LogP contribution in [0.2, 0.25) is 0 Å². The van der Waals surface area contributed by atoms with Crippen LogP contribution < -0.4 is 4.72 Å². The summed E-state index contributed by atoms with van der Waals surface area (Å²) in [4.78, 5) is 2.16. The number of benzene rings is 1. The van der Waals surface area contributed by atoms with Gasteiger partial charge in [-0.3, -0.25) is 0 Å². The third-order valence-electron chi connectivity index (χ3n) is 4.29. The number of nitrogens with one attached hydrogen (secondary N) is 1. The van der Waals surface area contributed by atoms with Gasteiger partial charge < -0.3 is 9.64 Å². The second-order valence-electron chi connectivity index (χ2n) is 5.87. The zero-order valence-electron chi connectivity index (χ0n) is 13.7. The molecule has 0 unspecified atom stereocenters. The van der Waals surface area contributed by atoms with Crippen LogP contribution in [0.15, 0.2) is 24.3 Å². The number of nitrogens with zero attached hydrogens (tertiary/aromatic N) is 1. The van der Waals surface area contributed by atoms with E-state index in [1.165, 1.54) is 12.1 Å². The lowest BCUT2D eigenvalue weighted by Gasteiger charge is -2.35. The van der Waals surface area contributed by atoms with E-state index < -0.39 is 10.0 Å². The molecule has 1 N–H and O–H groups in total. The third-order valence-corrected chi connectivity index (χ3v) is 5.69. The summed E-state index contributed by atoms with van der Waals surface area (Å²) in [6.45, 7) is 3.33. The number of likely N-dealkylation sites (N-methyl/N-ethyl adjacent to an activating group) is 1. The highest BCUT2D eigenvalue weighted by atomic mass is 32.2. The number of ether oxygens (including phenoxy) is 1. The summed E-state index contributed by atoms with van der Waals surface area (Å²) in [5, 5.41) is 0. The molecule has 7 heteroatoms. The van der Waals surface area contributed by atoms with Crippen molar-refractivity contribution in [2.24, 2.45) is 0 Å². The summed E-state index contributed by atoms with van der Waals surface area (Å²) in [6.07, 6.45) is 1.70. The van der Waals surface area contributed by atoms with Crippen LogP contribution in [0.5, 0.6) is 0 Å². The van der Waals surface area contributed by atoms with Crippen LogP contribution in [-0.4, -0.2) is 51.9 Å². The minimum atomic E-state index is -3.14. The van der Waals surface area contributed by atoms with Gasteiger partial charge in [0.15, 0.2) is 0 Å². The highest BCUT2D eigenvalue weighted by molar-refractivity contribution is 7.89. The number of hydrogen-bond donors (Lipinski definition) is 1. The maximum Gasteiger partial charge on any atom is 0.211 e. The maximum absolute atomic E-state index is 13.0. The monoisotopic (exact) mass is 344 g/mol. The fourth-order valence-corrected chi connectivity index (χ4v) is 3.36. The van der Waals surface area contributed by atoms with Crippen LogP contribution in [0.1, 0.15) is 31.4 Å². The lowest BCUT2D eigenvalue weighted by Crippen LogP contribution is -2.42. The molecule has 1 heterocycles. The Balaban J connectivity index is 1.86. The van der Waals surface area contributed by atoms with E-state index in [4.69, 9.17) is 4.74 Å². The van der Waals surface area contributed by atoms with Crippen LogP contribution in [0.3, 0.4) is 0 Å². The predicted octanol–water partition coefficient (Wildman–Crippen LogP) is 1.92. The molecule has 0 aromatic heterocycles. The summed E-state index contributed by atoms with van der Waals surface area (Å²) in [6, 6.07) is 6.75. The highest BCUT2D eigenvalue weighted by Crippen LogP contribution is 2.30. The largest absolute Gasteiger partial charge is 0.373 e. The Bertz CT molecular complexity index is 592. The molecule has 0 amide bonds. The predicted molar refractivity (Wildman–Crippen MR) is 88.2 cm³/mol. The fourth-order valence-electron chi connectivity index (χ4n) is 2.75. The molecule has 0 spiro atoms. The van der Waals surface area contributed by atoms with Crippen molar-refractivity contribution in [1.82, 2.24) is 9.62 Å². The average molecular weight is 344 g/mol. The van der Waals surface area contributed by atoms with Crippen molar-refractivity contribution in [2.45, 2.75) is 31.9 Å². The molecule has 2 atom stereocenters. The van der Waals surface area contributed by atoms with Gasteiger partial charge in [-0.05, 0) is 44.5 Å². The first-order valence-electron chi connectivity index (χ1n) is 7.96. The van der Waals surface area contributed by atoms with Crippen LogP contribution in [0.25, 0.3) is 0 Å². The molecular formula is C16H25FN2O3S. The van der Waals surface area contributed by atoms with Gasteiger partial charge in [-0.15, -0.1) is 0 Å². The van der Waals surface area contributed by atoms with Crippen molar-refractivity contribution in [1.29, 1.82) is 0 Å². The number of halogens is 1. The van der Waals surface area contributed by atoms with Crippen LogP contribution in [0.4, 0.5) is 4.39 Å². The Morgan fingerprint density at radius 1 is 1.35 bits per heavy atom. The van der Waals surface area contributed by atoms with E-state index >= 15 is 0 Å². The SMILES string of the molecule is CCS(=O)(=O)NCCN(C)[C@@H]1CCO[C@H](c2ccc(F)cc2)C1. The lowest BCUT2D eigenvalue weighted by molar-refractivity contribution is -0.0229. The molecule has 130 valence electrons. The lowest BCUT2D eigenvalue weighted by atomic mass is 9.96. The Kier molecular flexibility index (Phi) is 6.52. The van der Waals surface area contributed by atoms with Gasteiger partial charge in [0.25, 0.3) is 0 Å². The molecule has 2 rings (SSSR count). The molecule has 0 bridgehead atoms. The van der Waals surface area contributed by atoms with Crippen molar-refractivity contribution in [3.8, 4) is 0 Å².